The third-order valence-corrected chi connectivity index (χ3v) is 9.32. The Morgan fingerprint density at radius 1 is 1.12 bits per heavy atom. The molecule has 3 aliphatic rings. The molecule has 1 aromatic carbocycles. The summed E-state index contributed by atoms with van der Waals surface area (Å²) >= 11 is 0. The molecule has 34 heavy (non-hydrogen) atoms. The Kier molecular flexibility index (Phi) is 7.77. The maximum atomic E-state index is 10.4. The number of allylic oxidation sites excluding steroid dienone is 3. The van der Waals surface area contributed by atoms with Crippen LogP contribution < -0.4 is 0 Å². The molecule has 3 fully saturated rings. The van der Waals surface area contributed by atoms with E-state index in [1.807, 2.05) is 19.9 Å². The predicted octanol–water partition coefficient (Wildman–Crippen LogP) is 6.46. The lowest BCUT2D eigenvalue weighted by Gasteiger charge is -2.44. The summed E-state index contributed by atoms with van der Waals surface area (Å²) in [7, 11) is 0. The molecule has 0 heterocycles. The maximum absolute atomic E-state index is 10.4. The van der Waals surface area contributed by atoms with Crippen LogP contribution >= 0.6 is 0 Å². The van der Waals surface area contributed by atoms with Gasteiger partial charge in [-0.2, -0.15) is 0 Å². The van der Waals surface area contributed by atoms with Gasteiger partial charge in [-0.05, 0) is 112 Å². The molecule has 3 saturated carbocycles. The molecule has 0 radical (unpaired) electrons. The van der Waals surface area contributed by atoms with Gasteiger partial charge in [0.2, 0.25) is 0 Å². The molecule has 3 nitrogen and oxygen atoms in total. The second kappa shape index (κ2) is 10.3. The molecule has 0 bridgehead atoms. The van der Waals surface area contributed by atoms with Crippen molar-refractivity contribution in [1.29, 1.82) is 0 Å². The van der Waals surface area contributed by atoms with Crippen LogP contribution in [0.1, 0.15) is 96.6 Å². The summed E-state index contributed by atoms with van der Waals surface area (Å²) in [6, 6.07) is 8.49. The van der Waals surface area contributed by atoms with E-state index in [2.05, 4.69) is 44.2 Å². The van der Waals surface area contributed by atoms with Gasteiger partial charge in [0, 0.05) is 0 Å². The van der Waals surface area contributed by atoms with E-state index in [4.69, 9.17) is 0 Å². The first-order valence-electron chi connectivity index (χ1n) is 13.6. The second-order valence-electron chi connectivity index (χ2n) is 12.4. The van der Waals surface area contributed by atoms with Crippen LogP contribution in [-0.4, -0.2) is 27.5 Å². The van der Waals surface area contributed by atoms with Gasteiger partial charge in [0.05, 0.1) is 17.8 Å². The maximum Gasteiger partial charge on any atom is 0.0840 e. The third kappa shape index (κ3) is 5.69. The monoisotopic (exact) mass is 466 g/mol. The third-order valence-electron chi connectivity index (χ3n) is 9.32. The van der Waals surface area contributed by atoms with Gasteiger partial charge >= 0.3 is 0 Å². The van der Waals surface area contributed by atoms with Crippen molar-refractivity contribution in [2.24, 2.45) is 23.2 Å². The van der Waals surface area contributed by atoms with E-state index < -0.39 is 17.8 Å². The Morgan fingerprint density at radius 3 is 2.56 bits per heavy atom. The first-order chi connectivity index (χ1) is 16.1. The molecule has 3 heteroatoms. The lowest BCUT2D eigenvalue weighted by atomic mass is 9.60. The van der Waals surface area contributed by atoms with Crippen LogP contribution in [0.15, 0.2) is 47.6 Å². The molecule has 6 atom stereocenters. The molecule has 0 spiro atoms. The number of aliphatic hydroxyl groups excluding tert-OH is 2. The Balaban J connectivity index is 1.42. The second-order valence-corrected chi connectivity index (χ2v) is 12.4. The van der Waals surface area contributed by atoms with Crippen molar-refractivity contribution in [2.75, 3.05) is 0 Å². The summed E-state index contributed by atoms with van der Waals surface area (Å²) < 4.78 is 0. The van der Waals surface area contributed by atoms with Crippen molar-refractivity contribution in [3.8, 4) is 0 Å². The molecule has 0 aliphatic heterocycles. The fourth-order valence-corrected chi connectivity index (χ4v) is 7.45. The highest BCUT2D eigenvalue weighted by molar-refractivity contribution is 5.28. The number of aliphatic hydroxyl groups is 3. The van der Waals surface area contributed by atoms with Gasteiger partial charge in [0.15, 0.2) is 0 Å². The Bertz CT molecular complexity index is 895. The Labute approximate surface area is 207 Å². The number of fused-ring (bicyclic) bond motifs is 1. The minimum Gasteiger partial charge on any atom is -0.393 e. The summed E-state index contributed by atoms with van der Waals surface area (Å²) in [5.74, 6) is 2.11. The highest BCUT2D eigenvalue weighted by atomic mass is 16.3. The van der Waals surface area contributed by atoms with Gasteiger partial charge in [-0.3, -0.25) is 0 Å². The molecule has 0 saturated heterocycles. The van der Waals surface area contributed by atoms with Gasteiger partial charge < -0.3 is 15.3 Å². The Hall–Kier alpha value is -1.42. The van der Waals surface area contributed by atoms with E-state index in [1.165, 1.54) is 49.7 Å². The lowest BCUT2D eigenvalue weighted by Crippen LogP contribution is -2.36. The zero-order chi connectivity index (χ0) is 24.5. The standard InChI is InChI=1S/C31H46O3/c1-21(10-11-22-7-5-9-25(17-22)30(2,3)34)28-14-15-29-24(8-6-16-31(28,29)4)13-12-23-18-26(32)20-27(33)19-23/h5,7,9,12-13,17,21,26-29,32-34H,6,8,10-11,14-16,18-20H2,1-4H3/b24-13+/t21-,26+,27+,28+,29-,31+/m0/s1. The average molecular weight is 467 g/mol. The fourth-order valence-electron chi connectivity index (χ4n) is 7.45. The highest BCUT2D eigenvalue weighted by Crippen LogP contribution is 2.59. The van der Waals surface area contributed by atoms with Crippen LogP contribution in [0, 0.1) is 23.2 Å². The number of benzene rings is 1. The van der Waals surface area contributed by atoms with Crippen LogP contribution in [0.5, 0.6) is 0 Å². The molecule has 1 aromatic rings. The van der Waals surface area contributed by atoms with Crippen molar-refractivity contribution >= 4 is 0 Å². The first-order valence-corrected chi connectivity index (χ1v) is 13.6. The quantitative estimate of drug-likeness (QED) is 0.451. The van der Waals surface area contributed by atoms with E-state index in [1.54, 1.807) is 5.57 Å². The van der Waals surface area contributed by atoms with Gasteiger partial charge in [-0.1, -0.05) is 61.4 Å². The van der Waals surface area contributed by atoms with Crippen LogP contribution in [0.2, 0.25) is 0 Å². The number of hydrogen-bond donors (Lipinski definition) is 3. The summed E-state index contributed by atoms with van der Waals surface area (Å²) in [6.07, 6.45) is 14.4. The topological polar surface area (TPSA) is 60.7 Å². The average Bonchev–Trinajstić information content (AvgIpc) is 3.12. The minimum absolute atomic E-state index is 0.378. The van der Waals surface area contributed by atoms with Crippen molar-refractivity contribution < 1.29 is 15.3 Å². The molecule has 0 amide bonds. The molecule has 3 N–H and O–H groups in total. The molecule has 0 unspecified atom stereocenters. The molecule has 4 rings (SSSR count). The first kappa shape index (κ1) is 25.7. The molecular weight excluding hydrogens is 420 g/mol. The molecule has 0 aromatic heterocycles. The van der Waals surface area contributed by atoms with Crippen molar-refractivity contribution in [3.05, 3.63) is 58.7 Å². The summed E-state index contributed by atoms with van der Waals surface area (Å²) in [5, 5.41) is 30.4. The van der Waals surface area contributed by atoms with Crippen LogP contribution in [0.4, 0.5) is 0 Å². The molecule has 188 valence electrons. The number of hydrogen-bond acceptors (Lipinski definition) is 3. The molecule has 3 aliphatic carbocycles. The lowest BCUT2D eigenvalue weighted by molar-refractivity contribution is 0.0609. The van der Waals surface area contributed by atoms with Gasteiger partial charge in [-0.25, -0.2) is 0 Å². The summed E-state index contributed by atoms with van der Waals surface area (Å²) in [6.45, 7) is 8.73. The number of aryl methyl sites for hydroxylation is 1. The van der Waals surface area contributed by atoms with Crippen LogP contribution in [0.25, 0.3) is 0 Å². The van der Waals surface area contributed by atoms with E-state index in [-0.39, 0.29) is 0 Å². The van der Waals surface area contributed by atoms with Gasteiger partial charge in [-0.15, -0.1) is 0 Å². The normalized spacial score (nSPS) is 34.2. The van der Waals surface area contributed by atoms with Crippen molar-refractivity contribution in [1.82, 2.24) is 0 Å². The van der Waals surface area contributed by atoms with E-state index in [0.29, 0.717) is 36.5 Å². The zero-order valence-corrected chi connectivity index (χ0v) is 21.8. The Morgan fingerprint density at radius 2 is 1.85 bits per heavy atom. The van der Waals surface area contributed by atoms with Crippen molar-refractivity contribution in [3.63, 3.8) is 0 Å². The van der Waals surface area contributed by atoms with Crippen molar-refractivity contribution in [2.45, 2.75) is 110 Å². The van der Waals surface area contributed by atoms with Crippen LogP contribution in [-0.2, 0) is 12.0 Å². The number of rotatable bonds is 6. The highest BCUT2D eigenvalue weighted by Gasteiger charge is 2.50. The van der Waals surface area contributed by atoms with E-state index in [9.17, 15) is 15.3 Å². The SMILES string of the molecule is C[C@@H](CCc1cccc(C(C)(C)O)c1)[C@H]1CC[C@H]2/C(=C/C=C3C[C@@H](O)C[C@H](O)C3)CCC[C@]12C. The van der Waals surface area contributed by atoms with Gasteiger partial charge in [0.25, 0.3) is 0 Å². The van der Waals surface area contributed by atoms with Gasteiger partial charge in [0.1, 0.15) is 0 Å². The van der Waals surface area contributed by atoms with E-state index >= 15 is 0 Å². The fraction of sp³-hybridized carbons (Fsp3) is 0.677. The zero-order valence-electron chi connectivity index (χ0n) is 21.8. The summed E-state index contributed by atoms with van der Waals surface area (Å²) in [5.41, 5.74) is 4.72. The largest absolute Gasteiger partial charge is 0.393 e. The van der Waals surface area contributed by atoms with Crippen LogP contribution in [0.3, 0.4) is 0 Å². The summed E-state index contributed by atoms with van der Waals surface area (Å²) in [4.78, 5) is 0. The predicted molar refractivity (Wildman–Crippen MR) is 139 cm³/mol. The van der Waals surface area contributed by atoms with E-state index in [0.717, 1.165) is 17.9 Å². The molecular formula is C31H46O3. The smallest absolute Gasteiger partial charge is 0.0840 e. The minimum atomic E-state index is -0.790.